The van der Waals surface area contributed by atoms with Gasteiger partial charge in [-0.2, -0.15) is 0 Å². The van der Waals surface area contributed by atoms with Crippen LogP contribution in [-0.4, -0.2) is 37.2 Å². The van der Waals surface area contributed by atoms with Crippen molar-refractivity contribution in [2.24, 2.45) is 0 Å². The number of unbranched alkanes of at least 4 members (excludes halogenated alkanes) is 30. The van der Waals surface area contributed by atoms with Crippen LogP contribution in [0.2, 0.25) is 0 Å². The second-order valence-electron chi connectivity index (χ2n) is 18.1. The zero-order valence-electron chi connectivity index (χ0n) is 41.8. The molecule has 1 atom stereocenters. The van der Waals surface area contributed by atoms with E-state index < -0.39 is 6.10 Å². The Kier molecular flexibility index (Phi) is 49.8. The number of allylic oxidation sites excluding steroid dienone is 8. The Morgan fingerprint density at radius 1 is 0.317 bits per heavy atom. The van der Waals surface area contributed by atoms with E-state index in [4.69, 9.17) is 14.2 Å². The molecule has 63 heavy (non-hydrogen) atoms. The normalized spacial score (nSPS) is 12.4. The smallest absolute Gasteiger partial charge is 0.306 e. The third-order valence-electron chi connectivity index (χ3n) is 11.8. The largest absolute Gasteiger partial charge is 0.462 e. The van der Waals surface area contributed by atoms with Crippen LogP contribution in [0.15, 0.2) is 48.6 Å². The van der Waals surface area contributed by atoms with Crippen LogP contribution < -0.4 is 0 Å². The number of rotatable bonds is 49. The molecule has 0 aromatic rings. The van der Waals surface area contributed by atoms with Gasteiger partial charge in [-0.25, -0.2) is 0 Å². The van der Waals surface area contributed by atoms with Gasteiger partial charge in [-0.05, 0) is 77.0 Å². The minimum Gasteiger partial charge on any atom is -0.462 e. The second kappa shape index (κ2) is 52.0. The Bertz CT molecular complexity index is 1110. The molecule has 0 aliphatic rings. The first-order chi connectivity index (χ1) is 31.0. The van der Waals surface area contributed by atoms with Gasteiger partial charge in [0.1, 0.15) is 13.2 Å². The quantitative estimate of drug-likeness (QED) is 0.0262. The summed E-state index contributed by atoms with van der Waals surface area (Å²) in [6, 6.07) is 0. The van der Waals surface area contributed by atoms with Crippen molar-refractivity contribution >= 4 is 17.9 Å². The van der Waals surface area contributed by atoms with Crippen LogP contribution >= 0.6 is 0 Å². The van der Waals surface area contributed by atoms with Gasteiger partial charge in [0.2, 0.25) is 0 Å². The summed E-state index contributed by atoms with van der Waals surface area (Å²) in [7, 11) is 0. The van der Waals surface area contributed by atoms with E-state index in [9.17, 15) is 14.4 Å². The standard InChI is InChI=1S/C57H102O6/c1-4-7-10-13-16-19-22-25-27-28-29-30-33-35-38-41-44-47-50-56(59)62-53-54(52-61-55(58)49-46-43-40-37-34-31-24-21-18-15-12-9-6-3)63-57(60)51-48-45-42-39-36-32-26-23-20-17-14-11-8-5-2/h14,17,19,22-23,26-28,54H,4-13,15-16,18,20-21,24-25,29-53H2,1-3H3/b17-14-,22-19-,26-23-,28-27-. The molecule has 0 N–H and O–H groups in total. The number of carbonyl (C=O) groups is 3. The third kappa shape index (κ3) is 50.2. The van der Waals surface area contributed by atoms with Crippen molar-refractivity contribution in [1.29, 1.82) is 0 Å². The lowest BCUT2D eigenvalue weighted by Gasteiger charge is -2.18. The molecule has 0 fully saturated rings. The molecule has 0 aliphatic heterocycles. The molecule has 0 amide bonds. The van der Waals surface area contributed by atoms with Crippen LogP contribution in [0.5, 0.6) is 0 Å². The molecule has 0 heterocycles. The predicted octanol–water partition coefficient (Wildman–Crippen LogP) is 17.9. The molecule has 0 spiro atoms. The fourth-order valence-corrected chi connectivity index (χ4v) is 7.67. The fraction of sp³-hybridized carbons (Fsp3) is 0.807. The van der Waals surface area contributed by atoms with E-state index in [1.165, 1.54) is 141 Å². The number of hydrogen-bond acceptors (Lipinski definition) is 6. The first kappa shape index (κ1) is 60.4. The van der Waals surface area contributed by atoms with Crippen LogP contribution in [0.4, 0.5) is 0 Å². The lowest BCUT2D eigenvalue weighted by Crippen LogP contribution is -2.30. The molecule has 1 unspecified atom stereocenters. The molecule has 6 heteroatoms. The number of esters is 3. The van der Waals surface area contributed by atoms with Gasteiger partial charge in [0.15, 0.2) is 6.10 Å². The summed E-state index contributed by atoms with van der Waals surface area (Å²) in [5.41, 5.74) is 0. The van der Waals surface area contributed by atoms with Crippen molar-refractivity contribution in [3.05, 3.63) is 48.6 Å². The molecule has 6 nitrogen and oxygen atoms in total. The van der Waals surface area contributed by atoms with Gasteiger partial charge in [-0.3, -0.25) is 14.4 Å². The predicted molar refractivity (Wildman–Crippen MR) is 270 cm³/mol. The number of hydrogen-bond donors (Lipinski definition) is 0. The monoisotopic (exact) mass is 883 g/mol. The first-order valence-corrected chi connectivity index (χ1v) is 27.1. The maximum absolute atomic E-state index is 12.8. The summed E-state index contributed by atoms with van der Waals surface area (Å²) in [5.74, 6) is -0.891. The summed E-state index contributed by atoms with van der Waals surface area (Å²) in [5, 5.41) is 0. The fourth-order valence-electron chi connectivity index (χ4n) is 7.67. The van der Waals surface area contributed by atoms with Gasteiger partial charge in [-0.15, -0.1) is 0 Å². The lowest BCUT2D eigenvalue weighted by atomic mass is 10.0. The van der Waals surface area contributed by atoms with E-state index in [0.717, 1.165) is 96.3 Å². The van der Waals surface area contributed by atoms with E-state index in [2.05, 4.69) is 69.4 Å². The van der Waals surface area contributed by atoms with Gasteiger partial charge in [-0.1, -0.05) is 230 Å². The Labute approximate surface area is 390 Å². The molecular formula is C57H102O6. The highest BCUT2D eigenvalue weighted by molar-refractivity contribution is 5.71. The maximum Gasteiger partial charge on any atom is 0.306 e. The molecule has 0 rings (SSSR count). The van der Waals surface area contributed by atoms with Crippen molar-refractivity contribution in [2.75, 3.05) is 13.2 Å². The van der Waals surface area contributed by atoms with E-state index in [-0.39, 0.29) is 31.1 Å². The van der Waals surface area contributed by atoms with Crippen LogP contribution in [-0.2, 0) is 28.6 Å². The Hall–Kier alpha value is -2.63. The summed E-state index contributed by atoms with van der Waals surface area (Å²) in [6.07, 6.45) is 62.3. The van der Waals surface area contributed by atoms with Gasteiger partial charge < -0.3 is 14.2 Å². The molecule has 0 saturated heterocycles. The molecule has 0 aromatic carbocycles. The van der Waals surface area contributed by atoms with Gasteiger partial charge >= 0.3 is 17.9 Å². The van der Waals surface area contributed by atoms with Gasteiger partial charge in [0, 0.05) is 19.3 Å². The highest BCUT2D eigenvalue weighted by Crippen LogP contribution is 2.15. The summed E-state index contributed by atoms with van der Waals surface area (Å²) < 4.78 is 16.8. The Morgan fingerprint density at radius 3 is 0.937 bits per heavy atom. The molecule has 0 radical (unpaired) electrons. The van der Waals surface area contributed by atoms with Crippen molar-refractivity contribution in [1.82, 2.24) is 0 Å². The van der Waals surface area contributed by atoms with Crippen LogP contribution in [0, 0.1) is 0 Å². The SMILES string of the molecule is CCCC/C=C\C/C=C\CCCCCCCC(=O)OC(COC(=O)CCCCCCCCC/C=C\C/C=C\CCCCCC)COC(=O)CCCCCCCCCCCCCCC. The van der Waals surface area contributed by atoms with Gasteiger partial charge in [0.25, 0.3) is 0 Å². The molecule has 366 valence electrons. The van der Waals surface area contributed by atoms with E-state index in [1.54, 1.807) is 0 Å². The molecule has 0 bridgehead atoms. The Balaban J connectivity index is 4.37. The second-order valence-corrected chi connectivity index (χ2v) is 18.1. The first-order valence-electron chi connectivity index (χ1n) is 27.1. The average molecular weight is 883 g/mol. The van der Waals surface area contributed by atoms with Crippen molar-refractivity contribution in [3.63, 3.8) is 0 Å². The summed E-state index contributed by atoms with van der Waals surface area (Å²) in [4.78, 5) is 38.0. The molecular weight excluding hydrogens is 781 g/mol. The van der Waals surface area contributed by atoms with E-state index in [0.29, 0.717) is 19.3 Å². The Morgan fingerprint density at radius 2 is 0.587 bits per heavy atom. The van der Waals surface area contributed by atoms with E-state index in [1.807, 2.05) is 0 Å². The minimum atomic E-state index is -0.781. The van der Waals surface area contributed by atoms with Crippen molar-refractivity contribution < 1.29 is 28.6 Å². The van der Waals surface area contributed by atoms with Crippen molar-refractivity contribution in [2.45, 2.75) is 284 Å². The zero-order valence-corrected chi connectivity index (χ0v) is 41.8. The number of ether oxygens (including phenoxy) is 3. The highest BCUT2D eigenvalue weighted by Gasteiger charge is 2.19. The van der Waals surface area contributed by atoms with E-state index >= 15 is 0 Å². The average Bonchev–Trinajstić information content (AvgIpc) is 3.28. The number of carbonyl (C=O) groups excluding carboxylic acids is 3. The molecule has 0 aliphatic carbocycles. The lowest BCUT2D eigenvalue weighted by molar-refractivity contribution is -0.167. The van der Waals surface area contributed by atoms with Crippen LogP contribution in [0.25, 0.3) is 0 Å². The molecule has 0 saturated carbocycles. The third-order valence-corrected chi connectivity index (χ3v) is 11.8. The minimum absolute atomic E-state index is 0.0790. The summed E-state index contributed by atoms with van der Waals surface area (Å²) >= 11 is 0. The summed E-state index contributed by atoms with van der Waals surface area (Å²) in [6.45, 7) is 6.58. The zero-order chi connectivity index (χ0) is 45.8. The highest BCUT2D eigenvalue weighted by atomic mass is 16.6. The maximum atomic E-state index is 12.8. The topological polar surface area (TPSA) is 78.9 Å². The molecule has 0 aromatic heterocycles. The van der Waals surface area contributed by atoms with Crippen molar-refractivity contribution in [3.8, 4) is 0 Å². The van der Waals surface area contributed by atoms with Crippen LogP contribution in [0.3, 0.4) is 0 Å². The van der Waals surface area contributed by atoms with Crippen LogP contribution in [0.1, 0.15) is 278 Å². The van der Waals surface area contributed by atoms with Gasteiger partial charge in [0.05, 0.1) is 0 Å².